The Balaban J connectivity index is 1.24. The van der Waals surface area contributed by atoms with Crippen molar-refractivity contribution in [3.8, 4) is 22.5 Å². The van der Waals surface area contributed by atoms with Crippen LogP contribution in [0.15, 0.2) is 41.9 Å². The lowest BCUT2D eigenvalue weighted by Crippen LogP contribution is -2.62. The van der Waals surface area contributed by atoms with Gasteiger partial charge in [-0.3, -0.25) is 29.2 Å². The molecule has 3 aromatic heterocycles. The maximum atomic E-state index is 14.7. The molecule has 0 saturated carbocycles. The Morgan fingerprint density at radius 1 is 1.10 bits per heavy atom. The zero-order chi connectivity index (χ0) is 48.5. The predicted octanol–water partition coefficient (Wildman–Crippen LogP) is 6.94. The number of carbonyl (C=O) groups excluding carboxylic acids is 5. The number of benzene rings is 1. The van der Waals surface area contributed by atoms with E-state index in [0.29, 0.717) is 50.3 Å². The van der Waals surface area contributed by atoms with E-state index >= 15 is 0 Å². The number of rotatable bonds is 9. The van der Waals surface area contributed by atoms with Gasteiger partial charge >= 0.3 is 12.1 Å². The fourth-order valence-corrected chi connectivity index (χ4v) is 10.5. The average Bonchev–Trinajstić information content (AvgIpc) is 4.04. The van der Waals surface area contributed by atoms with Crippen LogP contribution < -0.4 is 10.7 Å². The molecule has 2 N–H and O–H groups in total. The van der Waals surface area contributed by atoms with E-state index in [0.717, 1.165) is 44.7 Å². The van der Waals surface area contributed by atoms with Gasteiger partial charge in [0.1, 0.15) is 23.7 Å². The summed E-state index contributed by atoms with van der Waals surface area (Å²) in [6.45, 7) is 19.1. The van der Waals surface area contributed by atoms with Gasteiger partial charge in [0.25, 0.3) is 5.91 Å². The van der Waals surface area contributed by atoms with E-state index in [1.807, 2.05) is 32.2 Å². The van der Waals surface area contributed by atoms with Crippen molar-refractivity contribution in [3.63, 3.8) is 0 Å². The fraction of sp³-hybridized carbons (Fsp3) is 0.580. The molecule has 5 atom stereocenters. The van der Waals surface area contributed by atoms with Gasteiger partial charge in [-0.15, -0.1) is 11.3 Å². The average molecular weight is 941 g/mol. The van der Waals surface area contributed by atoms with E-state index in [1.165, 1.54) is 26.1 Å². The molecule has 4 aromatic rings. The summed E-state index contributed by atoms with van der Waals surface area (Å²) in [6, 6.07) is 7.58. The summed E-state index contributed by atoms with van der Waals surface area (Å²) in [5.74, 6) is -2.50. The van der Waals surface area contributed by atoms with Crippen molar-refractivity contribution in [3.05, 3.63) is 58.2 Å². The van der Waals surface area contributed by atoms with Crippen LogP contribution in [0.25, 0.3) is 33.4 Å². The highest BCUT2D eigenvalue weighted by molar-refractivity contribution is 7.10. The van der Waals surface area contributed by atoms with E-state index < -0.39 is 58.9 Å². The van der Waals surface area contributed by atoms with Crippen LogP contribution in [0.5, 0.6) is 0 Å². The molecule has 1 aromatic carbocycles. The molecule has 6 bridgehead atoms. The van der Waals surface area contributed by atoms with E-state index in [1.54, 1.807) is 41.1 Å². The second-order valence-corrected chi connectivity index (χ2v) is 21.3. The molecule has 7 rings (SSSR count). The van der Waals surface area contributed by atoms with Gasteiger partial charge in [0.15, 0.2) is 0 Å². The predicted molar refractivity (Wildman–Crippen MR) is 257 cm³/mol. The Labute approximate surface area is 398 Å². The number of nitrogens with zero attached hydrogens (tertiary/aromatic N) is 6. The summed E-state index contributed by atoms with van der Waals surface area (Å²) in [5, 5.41) is 8.09. The van der Waals surface area contributed by atoms with Crippen LogP contribution in [0.4, 0.5) is 4.79 Å². The molecular weight excluding hydrogens is 873 g/mol. The van der Waals surface area contributed by atoms with Crippen LogP contribution >= 0.6 is 11.3 Å². The summed E-state index contributed by atoms with van der Waals surface area (Å²) in [4.78, 5) is 82.8. The second-order valence-electron chi connectivity index (χ2n) is 20.3. The van der Waals surface area contributed by atoms with Crippen LogP contribution in [0.1, 0.15) is 104 Å². The minimum atomic E-state index is -1.09. The SMILES string of the molecule is CCn1c(-c2cccnc2[C@H](C)OC)c2c3cc(ccc31)-c1csc(n1)C[C@H](NC(=O)[C@H](C(C)C)N(C)C(=O)[C@H]1CCN(C(=O)OC(C)(C)C)C1)C(=O)N1CCC[C@H](N1)C(=O)OCC(C)(C)C2. The van der Waals surface area contributed by atoms with Gasteiger partial charge in [0.2, 0.25) is 11.8 Å². The Kier molecular flexibility index (Phi) is 14.8. The van der Waals surface area contributed by atoms with Gasteiger partial charge in [-0.1, -0.05) is 33.8 Å². The molecule has 4 amide bonds. The number of carbonyl (C=O) groups is 5. The third-order valence-electron chi connectivity index (χ3n) is 13.0. The first-order valence-electron chi connectivity index (χ1n) is 23.6. The van der Waals surface area contributed by atoms with Crippen molar-refractivity contribution in [2.45, 2.75) is 131 Å². The van der Waals surface area contributed by atoms with Crippen LogP contribution in [0, 0.1) is 17.3 Å². The highest BCUT2D eigenvalue weighted by Gasteiger charge is 2.41. The molecule has 3 aliphatic rings. The van der Waals surface area contributed by atoms with Crippen molar-refractivity contribution in [2.75, 3.05) is 40.4 Å². The first-order chi connectivity index (χ1) is 31.7. The van der Waals surface area contributed by atoms with E-state index in [2.05, 4.69) is 60.3 Å². The van der Waals surface area contributed by atoms with Gasteiger partial charge in [-0.2, -0.15) is 0 Å². The Morgan fingerprint density at radius 2 is 1.87 bits per heavy atom. The van der Waals surface area contributed by atoms with Crippen molar-refractivity contribution in [2.24, 2.45) is 17.3 Å². The number of aromatic nitrogens is 3. The first kappa shape index (κ1) is 49.5. The Hall–Kier alpha value is -5.39. The lowest BCUT2D eigenvalue weighted by Gasteiger charge is -2.37. The molecular formula is C50H68N8O8S. The van der Waals surface area contributed by atoms with Crippen molar-refractivity contribution >= 4 is 52.0 Å². The quantitative estimate of drug-likeness (QED) is 0.166. The summed E-state index contributed by atoms with van der Waals surface area (Å²) in [7, 11) is 3.28. The number of ether oxygens (including phenoxy) is 3. The summed E-state index contributed by atoms with van der Waals surface area (Å²) < 4.78 is 19.8. The van der Waals surface area contributed by atoms with Gasteiger partial charge in [0.05, 0.1) is 40.7 Å². The molecule has 0 aliphatic carbocycles. The number of likely N-dealkylation sites (tertiary alicyclic amines) is 1. The smallest absolute Gasteiger partial charge is 0.410 e. The Morgan fingerprint density at radius 3 is 2.57 bits per heavy atom. The second kappa shape index (κ2) is 20.1. The molecule has 362 valence electrons. The van der Waals surface area contributed by atoms with Crippen molar-refractivity contribution in [1.82, 2.24) is 40.1 Å². The topological polar surface area (TPSA) is 178 Å². The maximum absolute atomic E-state index is 14.7. The minimum absolute atomic E-state index is 0.0675. The molecule has 67 heavy (non-hydrogen) atoms. The van der Waals surface area contributed by atoms with Gasteiger partial charge in [0, 0.05) is 85.8 Å². The summed E-state index contributed by atoms with van der Waals surface area (Å²) in [5.41, 5.74) is 8.56. The number of fused-ring (bicyclic) bond motifs is 6. The number of cyclic esters (lactones) is 1. The number of hydrogen-bond donors (Lipinski definition) is 2. The monoisotopic (exact) mass is 940 g/mol. The van der Waals surface area contributed by atoms with Crippen LogP contribution in [-0.2, 0) is 52.8 Å². The largest absolute Gasteiger partial charge is 0.464 e. The number of hydrazine groups is 1. The first-order valence-corrected chi connectivity index (χ1v) is 24.4. The lowest BCUT2D eigenvalue weighted by atomic mass is 9.84. The van der Waals surface area contributed by atoms with E-state index in [-0.39, 0.29) is 37.5 Å². The van der Waals surface area contributed by atoms with Gasteiger partial charge < -0.3 is 33.9 Å². The number of methoxy groups -OCH3 is 1. The number of esters is 1. The fourth-order valence-electron chi connectivity index (χ4n) is 9.63. The standard InChI is InChI=1S/C50H68N8O8S/c1-12-57-39-18-17-31-23-34(39)35(43(57)33-15-13-20-51-41(33)30(4)64-11)25-50(8,9)28-65-47(62)36-16-14-21-58(54-36)46(61)37(24-40-52-38(31)27-67-40)53-44(59)42(29(2)3)55(10)45(60)32-19-22-56(26-32)48(63)66-49(5,6)7/h13,15,17-18,20,23,27,29-30,32,36-37,42,54H,12,14,16,19,21-22,24-26,28H2,1-11H3,(H,53,59)/t30-,32-,36-,37-,42-/m0/s1. The van der Waals surface area contributed by atoms with Crippen molar-refractivity contribution < 1.29 is 38.2 Å². The number of nitrogens with one attached hydrogen (secondary N) is 2. The molecule has 3 aliphatic heterocycles. The van der Waals surface area contributed by atoms with Gasteiger partial charge in [-0.25, -0.2) is 15.2 Å². The molecule has 17 heteroatoms. The molecule has 2 saturated heterocycles. The van der Waals surface area contributed by atoms with Crippen LogP contribution in [0.2, 0.25) is 0 Å². The third-order valence-corrected chi connectivity index (χ3v) is 13.9. The minimum Gasteiger partial charge on any atom is -0.464 e. The number of aryl methyl sites for hydroxylation is 1. The maximum Gasteiger partial charge on any atom is 0.410 e. The highest BCUT2D eigenvalue weighted by atomic mass is 32.1. The molecule has 0 unspecified atom stereocenters. The Bertz CT molecular complexity index is 2490. The number of pyridine rings is 1. The molecule has 0 radical (unpaired) electrons. The summed E-state index contributed by atoms with van der Waals surface area (Å²) >= 11 is 1.40. The lowest BCUT2D eigenvalue weighted by molar-refractivity contribution is -0.155. The molecule has 0 spiro atoms. The van der Waals surface area contributed by atoms with Crippen molar-refractivity contribution in [1.29, 1.82) is 0 Å². The number of thiazole rings is 1. The van der Waals surface area contributed by atoms with Gasteiger partial charge in [-0.05, 0) is 96.0 Å². The number of amides is 4. The summed E-state index contributed by atoms with van der Waals surface area (Å²) in [6.07, 6.45) is 3.12. The highest BCUT2D eigenvalue weighted by Crippen LogP contribution is 2.42. The van der Waals surface area contributed by atoms with E-state index in [9.17, 15) is 24.0 Å². The molecule has 2 fully saturated rings. The normalized spacial score (nSPS) is 21.2. The zero-order valence-electron chi connectivity index (χ0n) is 40.9. The molecule has 16 nitrogen and oxygen atoms in total. The van der Waals surface area contributed by atoms with Crippen LogP contribution in [-0.4, -0.2) is 123 Å². The third kappa shape index (κ3) is 10.8. The number of hydrogen-bond acceptors (Lipinski definition) is 12. The number of likely N-dealkylation sites (N-methyl/N-ethyl adjacent to an activating group) is 1. The van der Waals surface area contributed by atoms with Crippen LogP contribution in [0.3, 0.4) is 0 Å². The molecule has 6 heterocycles. The zero-order valence-corrected chi connectivity index (χ0v) is 41.8. The van der Waals surface area contributed by atoms with E-state index in [4.69, 9.17) is 24.2 Å².